The van der Waals surface area contributed by atoms with Crippen LogP contribution >= 0.6 is 0 Å². The lowest BCUT2D eigenvalue weighted by atomic mass is 10.2. The fourth-order valence-electron chi connectivity index (χ4n) is 2.56. The average molecular weight is 353 g/mol. The van der Waals surface area contributed by atoms with E-state index in [1.165, 1.54) is 18.3 Å². The summed E-state index contributed by atoms with van der Waals surface area (Å²) in [6.45, 7) is 0.890. The van der Waals surface area contributed by atoms with Crippen molar-refractivity contribution in [2.75, 3.05) is 11.9 Å². The van der Waals surface area contributed by atoms with E-state index in [9.17, 15) is 9.59 Å². The predicted molar refractivity (Wildman–Crippen MR) is 91.4 cm³/mol. The van der Waals surface area contributed by atoms with Crippen LogP contribution in [0.1, 0.15) is 10.5 Å². The molecule has 0 spiro atoms. The van der Waals surface area contributed by atoms with Crippen LogP contribution in [0.4, 0.5) is 5.69 Å². The third kappa shape index (κ3) is 3.41. The maximum absolute atomic E-state index is 12.1. The van der Waals surface area contributed by atoms with E-state index in [1.807, 2.05) is 24.3 Å². The largest absolute Gasteiger partial charge is 0.486 e. The zero-order chi connectivity index (χ0) is 17.9. The molecule has 9 heteroatoms. The molecule has 132 valence electrons. The molecule has 0 unspecified atom stereocenters. The zero-order valence-corrected chi connectivity index (χ0v) is 13.6. The van der Waals surface area contributed by atoms with Crippen LogP contribution in [-0.2, 0) is 6.54 Å². The van der Waals surface area contributed by atoms with E-state index in [-0.39, 0.29) is 17.4 Å². The Kier molecular flexibility index (Phi) is 4.10. The number of aromatic amines is 1. The number of ether oxygens (including phenoxy) is 2. The van der Waals surface area contributed by atoms with Gasteiger partial charge in [-0.1, -0.05) is 12.1 Å². The van der Waals surface area contributed by atoms with Gasteiger partial charge in [-0.05, 0) is 18.2 Å². The van der Waals surface area contributed by atoms with Gasteiger partial charge in [-0.2, -0.15) is 10.2 Å². The molecule has 2 N–H and O–H groups in total. The number of hydrogen-bond acceptors (Lipinski definition) is 6. The zero-order valence-electron chi connectivity index (χ0n) is 13.6. The maximum atomic E-state index is 12.1. The molecule has 2 aromatic heterocycles. The fraction of sp³-hybridized carbons (Fsp3) is 0.176. The number of carbonyl (C=O) groups is 1. The normalized spacial score (nSPS) is 15.5. The number of nitrogens with one attached hydrogen (secondary N) is 2. The Labute approximate surface area is 147 Å². The first-order chi connectivity index (χ1) is 12.7. The third-order valence-electron chi connectivity index (χ3n) is 3.76. The van der Waals surface area contributed by atoms with Crippen LogP contribution in [0.5, 0.6) is 11.5 Å². The number of para-hydroxylation sites is 2. The fourth-order valence-corrected chi connectivity index (χ4v) is 2.56. The lowest BCUT2D eigenvalue weighted by Crippen LogP contribution is -2.33. The molecule has 0 fully saturated rings. The smallest absolute Gasteiger partial charge is 0.276 e. The van der Waals surface area contributed by atoms with Gasteiger partial charge in [-0.15, -0.1) is 0 Å². The van der Waals surface area contributed by atoms with E-state index in [0.29, 0.717) is 24.6 Å². The number of benzene rings is 1. The Morgan fingerprint density at radius 1 is 1.27 bits per heavy atom. The first-order valence-corrected chi connectivity index (χ1v) is 7.95. The molecular formula is C17H15N5O4. The summed E-state index contributed by atoms with van der Waals surface area (Å²) in [6, 6.07) is 10.1. The Balaban J connectivity index is 1.38. The van der Waals surface area contributed by atoms with Crippen LogP contribution in [0.15, 0.2) is 53.6 Å². The highest BCUT2D eigenvalue weighted by Crippen LogP contribution is 2.31. The summed E-state index contributed by atoms with van der Waals surface area (Å²) in [6.07, 6.45) is 3.03. The van der Waals surface area contributed by atoms with Crippen LogP contribution in [-0.4, -0.2) is 38.6 Å². The van der Waals surface area contributed by atoms with Gasteiger partial charge >= 0.3 is 0 Å². The van der Waals surface area contributed by atoms with Gasteiger partial charge in [0, 0.05) is 12.3 Å². The lowest BCUT2D eigenvalue weighted by molar-refractivity contribution is 0.0759. The molecule has 26 heavy (non-hydrogen) atoms. The second-order valence-corrected chi connectivity index (χ2v) is 5.71. The number of hydrogen-bond donors (Lipinski definition) is 2. The van der Waals surface area contributed by atoms with Crippen LogP contribution in [0, 0.1) is 0 Å². The van der Waals surface area contributed by atoms with E-state index in [1.54, 1.807) is 10.9 Å². The van der Waals surface area contributed by atoms with Gasteiger partial charge in [-0.25, -0.2) is 5.10 Å². The second kappa shape index (κ2) is 6.71. The number of nitrogens with zero attached hydrogens (tertiary/aromatic N) is 3. The highest BCUT2D eigenvalue weighted by Gasteiger charge is 2.21. The molecule has 9 nitrogen and oxygen atoms in total. The van der Waals surface area contributed by atoms with E-state index in [2.05, 4.69) is 20.6 Å². The third-order valence-corrected chi connectivity index (χ3v) is 3.76. The van der Waals surface area contributed by atoms with E-state index in [0.717, 1.165) is 5.75 Å². The van der Waals surface area contributed by atoms with Crippen LogP contribution in [0.3, 0.4) is 0 Å². The predicted octanol–water partition coefficient (Wildman–Crippen LogP) is 1.06. The molecule has 0 aliphatic carbocycles. The van der Waals surface area contributed by atoms with Gasteiger partial charge < -0.3 is 14.8 Å². The quantitative estimate of drug-likeness (QED) is 0.725. The summed E-state index contributed by atoms with van der Waals surface area (Å²) < 4.78 is 13.2. The molecule has 1 amide bonds. The number of fused-ring (bicyclic) bond motifs is 1. The van der Waals surface area contributed by atoms with Crippen LogP contribution in [0.2, 0.25) is 0 Å². The summed E-state index contributed by atoms with van der Waals surface area (Å²) in [4.78, 5) is 23.1. The number of amides is 1. The highest BCUT2D eigenvalue weighted by atomic mass is 16.6. The maximum Gasteiger partial charge on any atom is 0.276 e. The molecule has 1 atom stereocenters. The topological polar surface area (TPSA) is 111 Å². The van der Waals surface area contributed by atoms with Gasteiger partial charge in [0.25, 0.3) is 11.5 Å². The van der Waals surface area contributed by atoms with E-state index < -0.39 is 5.91 Å². The Hall–Kier alpha value is -3.62. The molecular weight excluding hydrogens is 338 g/mol. The summed E-state index contributed by atoms with van der Waals surface area (Å²) in [5, 5.41) is 12.8. The molecule has 1 aromatic carbocycles. The molecule has 3 aromatic rings. The van der Waals surface area contributed by atoms with E-state index >= 15 is 0 Å². The Bertz CT molecular complexity index is 976. The molecule has 4 rings (SSSR count). The van der Waals surface area contributed by atoms with Crippen molar-refractivity contribution in [3.05, 3.63) is 64.8 Å². The molecule has 0 bridgehead atoms. The average Bonchev–Trinajstić information content (AvgIpc) is 3.09. The van der Waals surface area contributed by atoms with Crippen LogP contribution < -0.4 is 20.3 Å². The minimum absolute atomic E-state index is 0.109. The van der Waals surface area contributed by atoms with Gasteiger partial charge in [-0.3, -0.25) is 14.3 Å². The minimum Gasteiger partial charge on any atom is -0.486 e. The lowest BCUT2D eigenvalue weighted by Gasteiger charge is -2.26. The number of H-pyrrole nitrogens is 1. The summed E-state index contributed by atoms with van der Waals surface area (Å²) in [5.74, 6) is 0.992. The van der Waals surface area contributed by atoms with Crippen molar-refractivity contribution < 1.29 is 14.3 Å². The van der Waals surface area contributed by atoms with Gasteiger partial charge in [0.15, 0.2) is 17.6 Å². The molecule has 0 saturated heterocycles. The second-order valence-electron chi connectivity index (χ2n) is 5.71. The Morgan fingerprint density at radius 3 is 2.92 bits per heavy atom. The van der Waals surface area contributed by atoms with Crippen molar-refractivity contribution in [2.24, 2.45) is 0 Å². The van der Waals surface area contributed by atoms with Gasteiger partial charge in [0.1, 0.15) is 12.3 Å². The Morgan fingerprint density at radius 2 is 2.12 bits per heavy atom. The number of anilines is 1. The highest BCUT2D eigenvalue weighted by molar-refractivity contribution is 6.02. The number of rotatable bonds is 4. The molecule has 1 aliphatic rings. The van der Waals surface area contributed by atoms with Crippen molar-refractivity contribution in [1.29, 1.82) is 0 Å². The SMILES string of the molecule is O=C(Nc1cnn(C[C@@H]2COc3ccccc3O2)c1)c1ccc(=O)[nH]n1. The molecule has 3 heterocycles. The first kappa shape index (κ1) is 15.9. The first-order valence-electron chi connectivity index (χ1n) is 7.95. The number of carbonyl (C=O) groups excluding carboxylic acids is 1. The monoisotopic (exact) mass is 353 g/mol. The summed E-state index contributed by atoms with van der Waals surface area (Å²) in [5.41, 5.74) is 0.253. The van der Waals surface area contributed by atoms with E-state index in [4.69, 9.17) is 9.47 Å². The molecule has 0 radical (unpaired) electrons. The van der Waals surface area contributed by atoms with Crippen molar-refractivity contribution in [1.82, 2.24) is 20.0 Å². The molecule has 0 saturated carbocycles. The van der Waals surface area contributed by atoms with Crippen molar-refractivity contribution >= 4 is 11.6 Å². The number of aromatic nitrogens is 4. The summed E-state index contributed by atoms with van der Waals surface area (Å²) in [7, 11) is 0. The van der Waals surface area contributed by atoms with Crippen molar-refractivity contribution in [2.45, 2.75) is 12.6 Å². The van der Waals surface area contributed by atoms with Crippen molar-refractivity contribution in [3.8, 4) is 11.5 Å². The molecule has 1 aliphatic heterocycles. The summed E-state index contributed by atoms with van der Waals surface area (Å²) >= 11 is 0. The van der Waals surface area contributed by atoms with Gasteiger partial charge in [0.2, 0.25) is 0 Å². The standard InChI is InChI=1S/C17H15N5O4/c23-16-6-5-13(20-21-16)17(24)19-11-7-18-22(8-11)9-12-10-25-14-3-1-2-4-15(14)26-12/h1-8,12H,9-10H2,(H,19,24)(H,21,23)/t12-/m1/s1. The van der Waals surface area contributed by atoms with Crippen LogP contribution in [0.25, 0.3) is 0 Å². The van der Waals surface area contributed by atoms with Crippen molar-refractivity contribution in [3.63, 3.8) is 0 Å². The van der Waals surface area contributed by atoms with Gasteiger partial charge in [0.05, 0.1) is 18.4 Å². The minimum atomic E-state index is -0.438.